The summed E-state index contributed by atoms with van der Waals surface area (Å²) in [5.74, 6) is -3.19. The number of carbonyl (C=O) groups excluding carboxylic acids is 2. The van der Waals surface area contributed by atoms with Gasteiger partial charge in [-0.25, -0.2) is 4.79 Å². The molecule has 0 radical (unpaired) electrons. The highest BCUT2D eigenvalue weighted by Crippen LogP contribution is 2.28. The summed E-state index contributed by atoms with van der Waals surface area (Å²) in [4.78, 5) is 39.6. The Morgan fingerprint density at radius 3 is 2.04 bits per heavy atom. The van der Waals surface area contributed by atoms with E-state index in [1.54, 1.807) is 27.7 Å². The standard InChI is InChI=1S/C17H20ClNO4/c1-9(2)15(20)12(16(21)10(3)4)8-19-13-7-5-6-11(14(13)18)17(22)23/h5-10,12H,1-4H3,(H,22,23). The van der Waals surface area contributed by atoms with Crippen molar-refractivity contribution in [2.24, 2.45) is 22.7 Å². The number of aliphatic imine (C=N–C) groups is 1. The van der Waals surface area contributed by atoms with Gasteiger partial charge in [-0.05, 0) is 12.1 Å². The number of aromatic carboxylic acids is 1. The highest BCUT2D eigenvalue weighted by molar-refractivity contribution is 6.36. The molecule has 1 aromatic rings. The molecule has 0 atom stereocenters. The van der Waals surface area contributed by atoms with E-state index in [0.717, 1.165) is 0 Å². The van der Waals surface area contributed by atoms with Crippen LogP contribution in [0.5, 0.6) is 0 Å². The van der Waals surface area contributed by atoms with Crippen molar-refractivity contribution in [1.82, 2.24) is 0 Å². The number of carboxylic acid groups (broad SMARTS) is 1. The quantitative estimate of drug-likeness (QED) is 0.605. The second-order valence-electron chi connectivity index (χ2n) is 5.81. The maximum Gasteiger partial charge on any atom is 0.337 e. The van der Waals surface area contributed by atoms with Gasteiger partial charge in [-0.1, -0.05) is 45.4 Å². The normalized spacial score (nSPS) is 11.7. The fourth-order valence-corrected chi connectivity index (χ4v) is 2.20. The van der Waals surface area contributed by atoms with Crippen LogP contribution in [0, 0.1) is 17.8 Å². The zero-order chi connectivity index (χ0) is 17.7. The van der Waals surface area contributed by atoms with Crippen molar-refractivity contribution in [2.45, 2.75) is 27.7 Å². The Labute approximate surface area is 140 Å². The predicted octanol–water partition coefficient (Wildman–Crippen LogP) is 3.81. The van der Waals surface area contributed by atoms with E-state index in [1.165, 1.54) is 24.4 Å². The Kier molecular flexibility index (Phi) is 6.63. The molecular formula is C17H20ClNO4. The van der Waals surface area contributed by atoms with E-state index in [9.17, 15) is 14.4 Å². The first kappa shape index (κ1) is 19.0. The minimum absolute atomic E-state index is 0.0241. The summed E-state index contributed by atoms with van der Waals surface area (Å²) in [5, 5.41) is 9.02. The Balaban J connectivity index is 3.21. The average molecular weight is 338 g/mol. The van der Waals surface area contributed by atoms with E-state index in [2.05, 4.69) is 4.99 Å². The van der Waals surface area contributed by atoms with Gasteiger partial charge >= 0.3 is 5.97 Å². The number of Topliss-reactive ketones (excluding diaryl/α,β-unsaturated/α-hetero) is 2. The molecule has 0 saturated heterocycles. The van der Waals surface area contributed by atoms with Crippen LogP contribution in [-0.2, 0) is 9.59 Å². The summed E-state index contributed by atoms with van der Waals surface area (Å²) in [5.41, 5.74) is 0.132. The largest absolute Gasteiger partial charge is 0.478 e. The number of hydrogen-bond donors (Lipinski definition) is 1. The van der Waals surface area contributed by atoms with Crippen molar-refractivity contribution in [1.29, 1.82) is 0 Å². The number of carboxylic acids is 1. The van der Waals surface area contributed by atoms with Crippen LogP contribution in [0.25, 0.3) is 0 Å². The molecule has 0 amide bonds. The van der Waals surface area contributed by atoms with Crippen LogP contribution < -0.4 is 0 Å². The van der Waals surface area contributed by atoms with Gasteiger partial charge in [0.05, 0.1) is 16.3 Å². The van der Waals surface area contributed by atoms with Crippen molar-refractivity contribution in [3.8, 4) is 0 Å². The molecule has 1 N–H and O–H groups in total. The first-order chi connectivity index (χ1) is 10.7. The lowest BCUT2D eigenvalue weighted by molar-refractivity contribution is -0.133. The summed E-state index contributed by atoms with van der Waals surface area (Å²) in [6.07, 6.45) is 1.26. The predicted molar refractivity (Wildman–Crippen MR) is 89.7 cm³/mol. The number of benzene rings is 1. The van der Waals surface area contributed by atoms with E-state index >= 15 is 0 Å². The molecule has 0 aliphatic carbocycles. The van der Waals surface area contributed by atoms with Crippen LogP contribution in [0.3, 0.4) is 0 Å². The van der Waals surface area contributed by atoms with E-state index in [4.69, 9.17) is 16.7 Å². The second kappa shape index (κ2) is 8.02. The fourth-order valence-electron chi connectivity index (χ4n) is 1.94. The molecule has 0 saturated carbocycles. The van der Waals surface area contributed by atoms with Crippen molar-refractivity contribution in [2.75, 3.05) is 0 Å². The van der Waals surface area contributed by atoms with Crippen LogP contribution in [0.15, 0.2) is 23.2 Å². The molecule has 5 nitrogen and oxygen atoms in total. The van der Waals surface area contributed by atoms with Gasteiger partial charge in [0.1, 0.15) is 5.92 Å². The van der Waals surface area contributed by atoms with Gasteiger partial charge in [-0.3, -0.25) is 14.6 Å². The number of halogens is 1. The number of nitrogens with zero attached hydrogens (tertiary/aromatic N) is 1. The minimum atomic E-state index is -1.17. The summed E-state index contributed by atoms with van der Waals surface area (Å²) < 4.78 is 0. The minimum Gasteiger partial charge on any atom is -0.478 e. The molecule has 0 spiro atoms. The molecule has 23 heavy (non-hydrogen) atoms. The summed E-state index contributed by atoms with van der Waals surface area (Å²) >= 11 is 6.01. The molecule has 0 aliphatic heterocycles. The van der Waals surface area contributed by atoms with Crippen molar-refractivity contribution in [3.63, 3.8) is 0 Å². The molecule has 0 aliphatic rings. The first-order valence-electron chi connectivity index (χ1n) is 7.30. The average Bonchev–Trinajstić information content (AvgIpc) is 2.47. The Hall–Kier alpha value is -2.01. The third-order valence-corrected chi connectivity index (χ3v) is 3.72. The number of carbonyl (C=O) groups is 3. The highest BCUT2D eigenvalue weighted by Gasteiger charge is 2.28. The molecule has 0 heterocycles. The number of ketones is 2. The summed E-state index contributed by atoms with van der Waals surface area (Å²) in [6, 6.07) is 4.40. The molecule has 6 heteroatoms. The zero-order valence-corrected chi connectivity index (χ0v) is 14.3. The molecule has 0 aromatic heterocycles. The van der Waals surface area contributed by atoms with E-state index in [-0.39, 0.29) is 39.7 Å². The van der Waals surface area contributed by atoms with Crippen LogP contribution in [0.2, 0.25) is 5.02 Å². The fraction of sp³-hybridized carbons (Fsp3) is 0.412. The Morgan fingerprint density at radius 1 is 1.09 bits per heavy atom. The van der Waals surface area contributed by atoms with Crippen molar-refractivity contribution >= 4 is 41.0 Å². The third kappa shape index (κ3) is 4.73. The van der Waals surface area contributed by atoms with Gasteiger partial charge in [-0.2, -0.15) is 0 Å². The van der Waals surface area contributed by atoms with Gasteiger partial charge in [0.25, 0.3) is 0 Å². The van der Waals surface area contributed by atoms with Gasteiger partial charge < -0.3 is 5.11 Å². The van der Waals surface area contributed by atoms with Crippen LogP contribution in [0.4, 0.5) is 5.69 Å². The zero-order valence-electron chi connectivity index (χ0n) is 13.5. The lowest BCUT2D eigenvalue weighted by atomic mass is 9.87. The molecule has 1 rings (SSSR count). The van der Waals surface area contributed by atoms with Crippen molar-refractivity contribution < 1.29 is 19.5 Å². The summed E-state index contributed by atoms with van der Waals surface area (Å²) in [7, 11) is 0. The Morgan fingerprint density at radius 2 is 1.61 bits per heavy atom. The van der Waals surface area contributed by atoms with Crippen molar-refractivity contribution in [3.05, 3.63) is 28.8 Å². The maximum absolute atomic E-state index is 12.2. The molecule has 0 bridgehead atoms. The first-order valence-corrected chi connectivity index (χ1v) is 7.68. The van der Waals surface area contributed by atoms with Crippen LogP contribution >= 0.6 is 11.6 Å². The third-order valence-electron chi connectivity index (χ3n) is 3.32. The maximum atomic E-state index is 12.2. The Bertz CT molecular complexity index is 630. The molecule has 0 unspecified atom stereocenters. The topological polar surface area (TPSA) is 83.8 Å². The van der Waals surface area contributed by atoms with Gasteiger partial charge in [0.15, 0.2) is 11.6 Å². The SMILES string of the molecule is CC(C)C(=O)C(C=Nc1cccc(C(=O)O)c1Cl)C(=O)C(C)C. The lowest BCUT2D eigenvalue weighted by Crippen LogP contribution is -2.31. The monoisotopic (exact) mass is 337 g/mol. The van der Waals surface area contributed by atoms with Crippen LogP contribution in [-0.4, -0.2) is 28.9 Å². The van der Waals surface area contributed by atoms with E-state index < -0.39 is 11.9 Å². The molecular weight excluding hydrogens is 318 g/mol. The smallest absolute Gasteiger partial charge is 0.337 e. The molecule has 1 aromatic carbocycles. The van der Waals surface area contributed by atoms with Crippen LogP contribution in [0.1, 0.15) is 38.1 Å². The van der Waals surface area contributed by atoms with E-state index in [0.29, 0.717) is 0 Å². The summed E-state index contributed by atoms with van der Waals surface area (Å²) in [6.45, 7) is 6.87. The van der Waals surface area contributed by atoms with E-state index in [1.807, 2.05) is 0 Å². The second-order valence-corrected chi connectivity index (χ2v) is 6.19. The molecule has 124 valence electrons. The van der Waals surface area contributed by atoms with Gasteiger partial charge in [-0.15, -0.1) is 0 Å². The number of hydrogen-bond acceptors (Lipinski definition) is 4. The molecule has 0 fully saturated rings. The van der Waals surface area contributed by atoms with Gasteiger partial charge in [0.2, 0.25) is 0 Å². The lowest BCUT2D eigenvalue weighted by Gasteiger charge is -2.15. The number of rotatable bonds is 7. The highest BCUT2D eigenvalue weighted by atomic mass is 35.5. The van der Waals surface area contributed by atoms with Gasteiger partial charge in [0, 0.05) is 18.1 Å².